The summed E-state index contributed by atoms with van der Waals surface area (Å²) < 4.78 is 0. The lowest BCUT2D eigenvalue weighted by Gasteiger charge is -2.30. The second-order valence-corrected chi connectivity index (χ2v) is 9.80. The second kappa shape index (κ2) is 10.8. The molecule has 0 saturated heterocycles. The van der Waals surface area contributed by atoms with E-state index in [4.69, 9.17) is 0 Å². The molecule has 1 unspecified atom stereocenters. The molecule has 0 aliphatic heterocycles. The van der Waals surface area contributed by atoms with Crippen LogP contribution in [0.25, 0.3) is 21.5 Å². The fraction of sp³-hybridized carbons (Fsp3) is 0.108. The first-order chi connectivity index (χ1) is 18.4. The van der Waals surface area contributed by atoms with Crippen molar-refractivity contribution in [3.63, 3.8) is 0 Å². The van der Waals surface area contributed by atoms with Crippen molar-refractivity contribution in [2.75, 3.05) is 0 Å². The molecule has 0 aliphatic carbocycles. The first-order valence-corrected chi connectivity index (χ1v) is 13.3. The van der Waals surface area contributed by atoms with Crippen LogP contribution in [-0.4, -0.2) is 0 Å². The Balaban J connectivity index is 1.52. The number of aryl methyl sites for hydroxylation is 1. The minimum atomic E-state index is 0.175. The van der Waals surface area contributed by atoms with Crippen molar-refractivity contribution in [1.29, 1.82) is 0 Å². The van der Waals surface area contributed by atoms with E-state index >= 15 is 0 Å². The van der Waals surface area contributed by atoms with Crippen LogP contribution in [0, 0.1) is 5.92 Å². The maximum atomic E-state index is 2.34. The third-order valence-corrected chi connectivity index (χ3v) is 7.51. The minimum absolute atomic E-state index is 0.175. The summed E-state index contributed by atoms with van der Waals surface area (Å²) in [6.07, 6.45) is 3.22. The third-order valence-electron chi connectivity index (χ3n) is 7.51. The predicted molar refractivity (Wildman–Crippen MR) is 158 cm³/mol. The molecule has 6 aromatic carbocycles. The second-order valence-electron chi connectivity index (χ2n) is 9.80. The zero-order valence-electron chi connectivity index (χ0n) is 21.1. The van der Waals surface area contributed by atoms with Crippen LogP contribution in [0.15, 0.2) is 146 Å². The molecular weight excluding hydrogens is 444 g/mol. The van der Waals surface area contributed by atoms with Gasteiger partial charge in [0.2, 0.25) is 0 Å². The van der Waals surface area contributed by atoms with Gasteiger partial charge in [-0.3, -0.25) is 0 Å². The number of fused-ring (bicyclic) bond motifs is 2. The summed E-state index contributed by atoms with van der Waals surface area (Å²) in [6, 6.07) is 53.2. The van der Waals surface area contributed by atoms with Crippen molar-refractivity contribution in [1.82, 2.24) is 0 Å². The van der Waals surface area contributed by atoms with Gasteiger partial charge in [0, 0.05) is 11.8 Å². The molecule has 6 rings (SSSR count). The molecule has 0 bridgehead atoms. The molecule has 0 amide bonds. The molecule has 0 spiro atoms. The molecule has 1 radical (unpaired) electrons. The van der Waals surface area contributed by atoms with E-state index in [-0.39, 0.29) is 5.92 Å². The van der Waals surface area contributed by atoms with Gasteiger partial charge in [0.25, 0.3) is 0 Å². The summed E-state index contributed by atoms with van der Waals surface area (Å²) in [5.41, 5.74) is 5.50. The lowest BCUT2D eigenvalue weighted by atomic mass is 9.72. The SMILES string of the molecule is c1ccc(CCC[C](c2cccc3ccccc23)C(c2ccccc2)c2cccc3ccccc23)cc1. The molecule has 0 N–H and O–H groups in total. The zero-order chi connectivity index (χ0) is 24.9. The summed E-state index contributed by atoms with van der Waals surface area (Å²) in [7, 11) is 0. The van der Waals surface area contributed by atoms with E-state index in [1.807, 2.05) is 0 Å². The van der Waals surface area contributed by atoms with Gasteiger partial charge in [0.15, 0.2) is 0 Å². The molecule has 0 heteroatoms. The summed E-state index contributed by atoms with van der Waals surface area (Å²) in [4.78, 5) is 0. The maximum Gasteiger partial charge on any atom is 0.0202 e. The Morgan fingerprint density at radius 1 is 0.486 bits per heavy atom. The number of benzene rings is 6. The van der Waals surface area contributed by atoms with Gasteiger partial charge in [-0.25, -0.2) is 0 Å². The largest absolute Gasteiger partial charge is 0.0622 e. The van der Waals surface area contributed by atoms with E-state index in [1.165, 1.54) is 49.7 Å². The third kappa shape index (κ3) is 4.93. The molecule has 0 fully saturated rings. The van der Waals surface area contributed by atoms with Crippen LogP contribution in [-0.2, 0) is 6.42 Å². The fourth-order valence-corrected chi connectivity index (χ4v) is 5.78. The number of hydrogen-bond donors (Lipinski definition) is 0. The van der Waals surface area contributed by atoms with E-state index in [0.717, 1.165) is 19.3 Å². The van der Waals surface area contributed by atoms with Crippen molar-refractivity contribution in [3.05, 3.63) is 174 Å². The van der Waals surface area contributed by atoms with Crippen LogP contribution in [0.3, 0.4) is 0 Å². The maximum absolute atomic E-state index is 2.34. The van der Waals surface area contributed by atoms with Crippen LogP contribution in [0.5, 0.6) is 0 Å². The Labute approximate surface area is 220 Å². The van der Waals surface area contributed by atoms with Crippen molar-refractivity contribution in [2.45, 2.75) is 25.2 Å². The highest BCUT2D eigenvalue weighted by Crippen LogP contribution is 2.45. The van der Waals surface area contributed by atoms with Crippen LogP contribution in [0.2, 0.25) is 0 Å². The first kappa shape index (κ1) is 23.3. The molecule has 0 heterocycles. The lowest BCUT2D eigenvalue weighted by Crippen LogP contribution is -2.15. The van der Waals surface area contributed by atoms with Gasteiger partial charge >= 0.3 is 0 Å². The Morgan fingerprint density at radius 3 is 1.81 bits per heavy atom. The Bertz CT molecular complexity index is 1590. The average Bonchev–Trinajstić information content (AvgIpc) is 2.97. The molecule has 1 atom stereocenters. The monoisotopic (exact) mass is 475 g/mol. The molecule has 0 aliphatic rings. The van der Waals surface area contributed by atoms with E-state index in [0.29, 0.717) is 0 Å². The number of hydrogen-bond acceptors (Lipinski definition) is 0. The van der Waals surface area contributed by atoms with Crippen molar-refractivity contribution < 1.29 is 0 Å². The Morgan fingerprint density at radius 2 is 1.05 bits per heavy atom. The quantitative estimate of drug-likeness (QED) is 0.205. The van der Waals surface area contributed by atoms with Gasteiger partial charge in [-0.05, 0) is 63.1 Å². The van der Waals surface area contributed by atoms with Gasteiger partial charge in [0.1, 0.15) is 0 Å². The lowest BCUT2D eigenvalue weighted by molar-refractivity contribution is 0.692. The predicted octanol–water partition coefficient (Wildman–Crippen LogP) is 9.77. The highest BCUT2D eigenvalue weighted by molar-refractivity contribution is 5.90. The van der Waals surface area contributed by atoms with Crippen molar-refractivity contribution in [3.8, 4) is 0 Å². The molecular formula is C37H31. The topological polar surface area (TPSA) is 0 Å². The summed E-state index contributed by atoms with van der Waals surface area (Å²) >= 11 is 0. The molecule has 6 aromatic rings. The summed E-state index contributed by atoms with van der Waals surface area (Å²) in [6.45, 7) is 0. The van der Waals surface area contributed by atoms with Crippen molar-refractivity contribution >= 4 is 21.5 Å². The van der Waals surface area contributed by atoms with Crippen LogP contribution in [0.4, 0.5) is 0 Å². The van der Waals surface area contributed by atoms with Gasteiger partial charge in [0.05, 0.1) is 0 Å². The summed E-state index contributed by atoms with van der Waals surface area (Å²) in [5, 5.41) is 5.26. The Hall–Kier alpha value is -4.16. The van der Waals surface area contributed by atoms with E-state index < -0.39 is 0 Å². The van der Waals surface area contributed by atoms with E-state index in [9.17, 15) is 0 Å². The van der Waals surface area contributed by atoms with Crippen molar-refractivity contribution in [2.24, 2.45) is 0 Å². The van der Waals surface area contributed by atoms with Gasteiger partial charge in [-0.15, -0.1) is 0 Å². The van der Waals surface area contributed by atoms with E-state index in [1.54, 1.807) is 0 Å². The number of rotatable bonds is 8. The van der Waals surface area contributed by atoms with Crippen LogP contribution < -0.4 is 0 Å². The van der Waals surface area contributed by atoms with E-state index in [2.05, 4.69) is 146 Å². The normalized spacial score (nSPS) is 12.2. The smallest absolute Gasteiger partial charge is 0.0202 e. The highest BCUT2D eigenvalue weighted by atomic mass is 14.3. The summed E-state index contributed by atoms with van der Waals surface area (Å²) in [5.74, 6) is 1.67. The fourth-order valence-electron chi connectivity index (χ4n) is 5.78. The average molecular weight is 476 g/mol. The van der Waals surface area contributed by atoms with Crippen LogP contribution in [0.1, 0.15) is 41.0 Å². The van der Waals surface area contributed by atoms with Gasteiger partial charge in [-0.1, -0.05) is 146 Å². The minimum Gasteiger partial charge on any atom is -0.0622 e. The molecule has 0 nitrogen and oxygen atoms in total. The Kier molecular flexibility index (Phi) is 6.82. The molecule has 37 heavy (non-hydrogen) atoms. The van der Waals surface area contributed by atoms with Gasteiger partial charge < -0.3 is 0 Å². The standard InChI is InChI=1S/C37H31/c1-3-14-28(15-4-1)16-11-26-36(34-25-12-21-29-17-7-9-23-32(29)34)37(31-19-5-2-6-20-31)35-27-13-22-30-18-8-10-24-33(30)35/h1-10,12-15,17-25,27,37H,11,16,26H2. The highest BCUT2D eigenvalue weighted by Gasteiger charge is 2.29. The molecule has 0 saturated carbocycles. The molecule has 0 aromatic heterocycles. The van der Waals surface area contributed by atoms with Gasteiger partial charge in [-0.2, -0.15) is 0 Å². The zero-order valence-corrected chi connectivity index (χ0v) is 21.1. The van der Waals surface area contributed by atoms with Crippen LogP contribution >= 0.6 is 0 Å². The molecule has 179 valence electrons. The first-order valence-electron chi connectivity index (χ1n) is 13.3.